The molecule has 3 rings (SSSR count). The van der Waals surface area contributed by atoms with Gasteiger partial charge >= 0.3 is 0 Å². The smallest absolute Gasteiger partial charge is 0.243 e. The largest absolute Gasteiger partial charge is 0.395 e. The summed E-state index contributed by atoms with van der Waals surface area (Å²) in [6.45, 7) is 0.0134. The summed E-state index contributed by atoms with van der Waals surface area (Å²) in [5, 5.41) is 16.6. The SMILES string of the molecule is O=C(Cc1ccc2ccccc2c1)N[C@@H](Cc1ccccc1)C(=O)NCCO. The summed E-state index contributed by atoms with van der Waals surface area (Å²) in [5.41, 5.74) is 1.85. The van der Waals surface area contributed by atoms with Gasteiger partial charge in [0.15, 0.2) is 0 Å². The van der Waals surface area contributed by atoms with Crippen LogP contribution in [0.3, 0.4) is 0 Å². The Balaban J connectivity index is 1.69. The first-order valence-corrected chi connectivity index (χ1v) is 9.35. The summed E-state index contributed by atoms with van der Waals surface area (Å²) < 4.78 is 0. The van der Waals surface area contributed by atoms with Gasteiger partial charge in [-0.15, -0.1) is 0 Å². The Morgan fingerprint density at radius 2 is 1.57 bits per heavy atom. The fourth-order valence-electron chi connectivity index (χ4n) is 3.14. The average molecular weight is 376 g/mol. The quantitative estimate of drug-likeness (QED) is 0.564. The van der Waals surface area contributed by atoms with Crippen LogP contribution in [0, 0.1) is 0 Å². The van der Waals surface area contributed by atoms with E-state index in [0.29, 0.717) is 6.42 Å². The zero-order valence-corrected chi connectivity index (χ0v) is 15.6. The topological polar surface area (TPSA) is 78.4 Å². The van der Waals surface area contributed by atoms with Gasteiger partial charge in [-0.2, -0.15) is 0 Å². The van der Waals surface area contributed by atoms with E-state index in [1.54, 1.807) is 0 Å². The van der Waals surface area contributed by atoms with Crippen LogP contribution in [-0.4, -0.2) is 36.1 Å². The van der Waals surface area contributed by atoms with E-state index >= 15 is 0 Å². The minimum Gasteiger partial charge on any atom is -0.395 e. The summed E-state index contributed by atoms with van der Waals surface area (Å²) in [5.74, 6) is -0.514. The van der Waals surface area contributed by atoms with Crippen molar-refractivity contribution in [2.45, 2.75) is 18.9 Å². The monoisotopic (exact) mass is 376 g/mol. The van der Waals surface area contributed by atoms with Crippen molar-refractivity contribution < 1.29 is 14.7 Å². The Labute approximate surface area is 164 Å². The lowest BCUT2D eigenvalue weighted by Gasteiger charge is -2.18. The van der Waals surface area contributed by atoms with Crippen LogP contribution in [0.5, 0.6) is 0 Å². The maximum atomic E-state index is 12.6. The summed E-state index contributed by atoms with van der Waals surface area (Å²) in [6, 6.07) is 22.7. The molecule has 5 heteroatoms. The fourth-order valence-corrected chi connectivity index (χ4v) is 3.14. The molecular weight excluding hydrogens is 352 g/mol. The number of benzene rings is 3. The highest BCUT2D eigenvalue weighted by molar-refractivity contribution is 5.89. The van der Waals surface area contributed by atoms with Gasteiger partial charge in [0.1, 0.15) is 6.04 Å². The van der Waals surface area contributed by atoms with Crippen LogP contribution >= 0.6 is 0 Å². The predicted octanol–water partition coefficient (Wildman–Crippen LogP) is 2.22. The number of nitrogens with one attached hydrogen (secondary N) is 2. The molecule has 3 aromatic rings. The van der Waals surface area contributed by atoms with Crippen molar-refractivity contribution >= 4 is 22.6 Å². The molecule has 0 aliphatic heterocycles. The second-order valence-corrected chi connectivity index (χ2v) is 6.68. The first-order chi connectivity index (χ1) is 13.7. The van der Waals surface area contributed by atoms with Crippen molar-refractivity contribution in [2.75, 3.05) is 13.2 Å². The molecule has 144 valence electrons. The summed E-state index contributed by atoms with van der Waals surface area (Å²) in [4.78, 5) is 25.0. The van der Waals surface area contributed by atoms with Crippen molar-refractivity contribution in [3.05, 3.63) is 83.9 Å². The van der Waals surface area contributed by atoms with E-state index < -0.39 is 6.04 Å². The first kappa shape index (κ1) is 19.6. The van der Waals surface area contributed by atoms with E-state index in [0.717, 1.165) is 21.9 Å². The molecule has 2 amide bonds. The van der Waals surface area contributed by atoms with E-state index in [2.05, 4.69) is 10.6 Å². The van der Waals surface area contributed by atoms with Crippen LogP contribution in [-0.2, 0) is 22.4 Å². The highest BCUT2D eigenvalue weighted by Crippen LogP contribution is 2.16. The lowest BCUT2D eigenvalue weighted by atomic mass is 10.0. The molecular formula is C23H24N2O3. The Bertz CT molecular complexity index is 941. The summed E-state index contributed by atoms with van der Waals surface area (Å²) in [6.07, 6.45) is 0.588. The Morgan fingerprint density at radius 3 is 2.32 bits per heavy atom. The van der Waals surface area contributed by atoms with Crippen LogP contribution in [0.2, 0.25) is 0 Å². The Kier molecular flexibility index (Phi) is 6.76. The standard InChI is InChI=1S/C23H24N2O3/c26-13-12-24-23(28)21(15-17-6-2-1-3-7-17)25-22(27)16-18-10-11-19-8-4-5-9-20(19)14-18/h1-11,14,21,26H,12-13,15-16H2,(H,24,28)(H,25,27)/t21-/m0/s1. The van der Waals surface area contributed by atoms with Crippen molar-refractivity contribution in [3.8, 4) is 0 Å². The zero-order chi connectivity index (χ0) is 19.8. The lowest BCUT2D eigenvalue weighted by Crippen LogP contribution is -2.49. The van der Waals surface area contributed by atoms with Crippen molar-refractivity contribution in [3.63, 3.8) is 0 Å². The minimum atomic E-state index is -0.693. The molecule has 0 unspecified atom stereocenters. The summed E-state index contributed by atoms with van der Waals surface area (Å²) >= 11 is 0. The molecule has 0 heterocycles. The van der Waals surface area contributed by atoms with E-state index in [9.17, 15) is 9.59 Å². The number of fused-ring (bicyclic) bond motifs is 1. The molecule has 0 fully saturated rings. The molecule has 0 aliphatic rings. The number of carbonyl (C=O) groups is 2. The van der Waals surface area contributed by atoms with Gasteiger partial charge in [-0.1, -0.05) is 72.8 Å². The minimum absolute atomic E-state index is 0.144. The lowest BCUT2D eigenvalue weighted by molar-refractivity contribution is -0.128. The van der Waals surface area contributed by atoms with Gasteiger partial charge in [-0.3, -0.25) is 9.59 Å². The van der Waals surface area contributed by atoms with Crippen LogP contribution in [0.1, 0.15) is 11.1 Å². The molecule has 0 aliphatic carbocycles. The Morgan fingerprint density at radius 1 is 0.857 bits per heavy atom. The van der Waals surface area contributed by atoms with Gasteiger partial charge in [0, 0.05) is 13.0 Å². The maximum Gasteiger partial charge on any atom is 0.243 e. The molecule has 0 radical (unpaired) electrons. The van der Waals surface area contributed by atoms with Gasteiger partial charge in [0.25, 0.3) is 0 Å². The molecule has 3 N–H and O–H groups in total. The predicted molar refractivity (Wildman–Crippen MR) is 110 cm³/mol. The fraction of sp³-hybridized carbons (Fsp3) is 0.217. The number of hydrogen-bond acceptors (Lipinski definition) is 3. The van der Waals surface area contributed by atoms with Gasteiger partial charge in [-0.05, 0) is 21.9 Å². The molecule has 28 heavy (non-hydrogen) atoms. The highest BCUT2D eigenvalue weighted by atomic mass is 16.3. The third kappa shape index (κ3) is 5.41. The number of aliphatic hydroxyl groups is 1. The van der Waals surface area contributed by atoms with Gasteiger partial charge in [0.2, 0.25) is 11.8 Å². The van der Waals surface area contributed by atoms with Gasteiger partial charge in [-0.25, -0.2) is 0 Å². The van der Waals surface area contributed by atoms with Gasteiger partial charge < -0.3 is 15.7 Å². The van der Waals surface area contributed by atoms with E-state index in [1.807, 2.05) is 72.8 Å². The van der Waals surface area contributed by atoms with E-state index in [1.165, 1.54) is 0 Å². The van der Waals surface area contributed by atoms with Crippen LogP contribution < -0.4 is 10.6 Å². The second-order valence-electron chi connectivity index (χ2n) is 6.68. The molecule has 1 atom stereocenters. The molecule has 3 aromatic carbocycles. The normalized spacial score (nSPS) is 11.8. The average Bonchev–Trinajstić information content (AvgIpc) is 2.72. The Hall–Kier alpha value is -3.18. The molecule has 0 aromatic heterocycles. The second kappa shape index (κ2) is 9.67. The number of aliphatic hydroxyl groups excluding tert-OH is 1. The third-order valence-corrected chi connectivity index (χ3v) is 4.52. The number of hydrogen-bond donors (Lipinski definition) is 3. The molecule has 0 saturated heterocycles. The maximum absolute atomic E-state index is 12.6. The van der Waals surface area contributed by atoms with E-state index in [4.69, 9.17) is 5.11 Å². The zero-order valence-electron chi connectivity index (χ0n) is 15.6. The first-order valence-electron chi connectivity index (χ1n) is 9.35. The van der Waals surface area contributed by atoms with Crippen molar-refractivity contribution in [2.24, 2.45) is 0 Å². The number of rotatable bonds is 8. The molecule has 0 saturated carbocycles. The molecule has 5 nitrogen and oxygen atoms in total. The number of carbonyl (C=O) groups excluding carboxylic acids is 2. The molecule has 0 bridgehead atoms. The number of amides is 2. The third-order valence-electron chi connectivity index (χ3n) is 4.52. The summed E-state index contributed by atoms with van der Waals surface area (Å²) in [7, 11) is 0. The van der Waals surface area contributed by atoms with Crippen molar-refractivity contribution in [1.29, 1.82) is 0 Å². The van der Waals surface area contributed by atoms with Gasteiger partial charge in [0.05, 0.1) is 13.0 Å². The van der Waals surface area contributed by atoms with E-state index in [-0.39, 0.29) is 31.4 Å². The highest BCUT2D eigenvalue weighted by Gasteiger charge is 2.21. The van der Waals surface area contributed by atoms with Crippen molar-refractivity contribution in [1.82, 2.24) is 10.6 Å². The van der Waals surface area contributed by atoms with Crippen LogP contribution in [0.4, 0.5) is 0 Å². The van der Waals surface area contributed by atoms with Crippen LogP contribution in [0.25, 0.3) is 10.8 Å². The molecule has 0 spiro atoms. The van der Waals surface area contributed by atoms with Crippen LogP contribution in [0.15, 0.2) is 72.8 Å².